The molecule has 2 heterocycles. The molecule has 0 unspecified atom stereocenters. The lowest BCUT2D eigenvalue weighted by molar-refractivity contribution is -0.791. The van der Waals surface area contributed by atoms with Gasteiger partial charge in [0.25, 0.3) is 0 Å². The Bertz CT molecular complexity index is 346. The number of carbonyl (C=O) groups excluding carboxylic acids is 1. The van der Waals surface area contributed by atoms with Crippen LogP contribution in [0.1, 0.15) is 17.4 Å². The minimum Gasteiger partial charge on any atom is -0.461 e. The smallest absolute Gasteiger partial charge is 0.360 e. The molecule has 0 aromatic carbocycles. The third kappa shape index (κ3) is 1.50. The van der Waals surface area contributed by atoms with E-state index in [2.05, 4.69) is 0 Å². The van der Waals surface area contributed by atoms with Gasteiger partial charge in [-0.3, -0.25) is 0 Å². The number of nitrogens with zero attached hydrogens (tertiary/aromatic N) is 2. The van der Waals surface area contributed by atoms with Gasteiger partial charge in [-0.2, -0.15) is 0 Å². The van der Waals surface area contributed by atoms with Crippen molar-refractivity contribution in [2.75, 3.05) is 13.2 Å². The summed E-state index contributed by atoms with van der Waals surface area (Å²) in [7, 11) is 0. The van der Waals surface area contributed by atoms with E-state index >= 15 is 0 Å². The summed E-state index contributed by atoms with van der Waals surface area (Å²) in [4.78, 5) is 11.5. The normalized spacial score (nSPS) is 14.9. The monoisotopic (exact) mass is 197 g/mol. The summed E-state index contributed by atoms with van der Waals surface area (Å²) >= 11 is 0. The first-order chi connectivity index (χ1) is 6.83. The molecule has 1 aliphatic heterocycles. The van der Waals surface area contributed by atoms with Crippen molar-refractivity contribution < 1.29 is 19.0 Å². The summed E-state index contributed by atoms with van der Waals surface area (Å²) < 4.78 is 13.9. The van der Waals surface area contributed by atoms with Crippen LogP contribution in [0, 0.1) is 0 Å². The SMILES string of the molecule is CCOC(=O)c1cc[n+]2n1COCC2. The highest BCUT2D eigenvalue weighted by Gasteiger charge is 2.24. The first kappa shape index (κ1) is 9.21. The van der Waals surface area contributed by atoms with E-state index in [4.69, 9.17) is 9.47 Å². The molecule has 0 amide bonds. The van der Waals surface area contributed by atoms with Crippen LogP contribution in [-0.2, 0) is 22.7 Å². The molecule has 1 aromatic rings. The lowest BCUT2D eigenvalue weighted by Gasteiger charge is -2.11. The lowest BCUT2D eigenvalue weighted by Crippen LogP contribution is -2.49. The van der Waals surface area contributed by atoms with Gasteiger partial charge in [0, 0.05) is 6.07 Å². The molecule has 1 aliphatic rings. The van der Waals surface area contributed by atoms with Crippen molar-refractivity contribution in [1.82, 2.24) is 4.68 Å². The van der Waals surface area contributed by atoms with Crippen LogP contribution < -0.4 is 4.68 Å². The third-order valence-electron chi connectivity index (χ3n) is 2.16. The minimum absolute atomic E-state index is 0.295. The molecule has 5 heteroatoms. The third-order valence-corrected chi connectivity index (χ3v) is 2.16. The zero-order valence-electron chi connectivity index (χ0n) is 8.10. The van der Waals surface area contributed by atoms with Gasteiger partial charge in [-0.15, -0.1) is 9.36 Å². The molecule has 0 saturated carbocycles. The number of carbonyl (C=O) groups is 1. The van der Waals surface area contributed by atoms with Crippen molar-refractivity contribution in [3.8, 4) is 0 Å². The summed E-state index contributed by atoms with van der Waals surface area (Å²) in [6.07, 6.45) is 1.87. The van der Waals surface area contributed by atoms with Crippen LogP contribution in [-0.4, -0.2) is 23.9 Å². The van der Waals surface area contributed by atoms with Crippen LogP contribution in [0.3, 0.4) is 0 Å². The predicted molar refractivity (Wildman–Crippen MR) is 46.5 cm³/mol. The molecule has 0 radical (unpaired) electrons. The van der Waals surface area contributed by atoms with E-state index in [0.29, 0.717) is 25.6 Å². The fourth-order valence-electron chi connectivity index (χ4n) is 1.49. The topological polar surface area (TPSA) is 44.3 Å². The van der Waals surface area contributed by atoms with Crippen molar-refractivity contribution in [2.24, 2.45) is 0 Å². The average molecular weight is 197 g/mol. The van der Waals surface area contributed by atoms with Crippen molar-refractivity contribution in [2.45, 2.75) is 20.2 Å². The molecule has 0 atom stereocenters. The van der Waals surface area contributed by atoms with Crippen LogP contribution in [0.15, 0.2) is 12.3 Å². The predicted octanol–water partition coefficient (Wildman–Crippen LogP) is -0.0600. The zero-order valence-corrected chi connectivity index (χ0v) is 8.10. The Kier molecular flexibility index (Phi) is 2.49. The van der Waals surface area contributed by atoms with Crippen molar-refractivity contribution >= 4 is 5.97 Å². The minimum atomic E-state index is -0.295. The van der Waals surface area contributed by atoms with E-state index in [-0.39, 0.29) is 5.97 Å². The van der Waals surface area contributed by atoms with Gasteiger partial charge in [-0.1, -0.05) is 0 Å². The van der Waals surface area contributed by atoms with E-state index in [1.807, 2.05) is 10.9 Å². The summed E-state index contributed by atoms with van der Waals surface area (Å²) in [5.41, 5.74) is 0.548. The van der Waals surface area contributed by atoms with E-state index in [1.54, 1.807) is 17.7 Å². The van der Waals surface area contributed by atoms with Gasteiger partial charge in [0.2, 0.25) is 0 Å². The molecule has 1 aromatic heterocycles. The number of rotatable bonds is 2. The molecule has 76 valence electrons. The first-order valence-corrected chi connectivity index (χ1v) is 4.67. The molecule has 0 bridgehead atoms. The van der Waals surface area contributed by atoms with E-state index in [9.17, 15) is 4.79 Å². The standard InChI is InChI=1S/C9H13N2O3/c1-2-14-9(12)8-3-4-10-5-6-13-7-11(8)10/h3-4H,2,5-7H2,1H3/q+1. The molecule has 0 aliphatic carbocycles. The van der Waals surface area contributed by atoms with Gasteiger partial charge in [-0.25, -0.2) is 4.79 Å². The largest absolute Gasteiger partial charge is 0.461 e. The van der Waals surface area contributed by atoms with Crippen molar-refractivity contribution in [1.29, 1.82) is 0 Å². The molecular formula is C9H13N2O3+. The highest BCUT2D eigenvalue weighted by Crippen LogP contribution is 2.03. The summed E-state index contributed by atoms with van der Waals surface area (Å²) in [6.45, 7) is 4.07. The van der Waals surface area contributed by atoms with Crippen LogP contribution in [0.4, 0.5) is 0 Å². The highest BCUT2D eigenvalue weighted by molar-refractivity contribution is 5.87. The Morgan fingerprint density at radius 2 is 2.64 bits per heavy atom. The Morgan fingerprint density at radius 1 is 1.79 bits per heavy atom. The molecule has 0 N–H and O–H groups in total. The van der Waals surface area contributed by atoms with E-state index in [1.165, 1.54) is 0 Å². The summed E-state index contributed by atoms with van der Waals surface area (Å²) in [5, 5.41) is 0. The molecule has 0 fully saturated rings. The Hall–Kier alpha value is -1.36. The maximum atomic E-state index is 11.5. The fourth-order valence-corrected chi connectivity index (χ4v) is 1.49. The molecule has 2 rings (SSSR count). The fraction of sp³-hybridized carbons (Fsp3) is 0.556. The molecular weight excluding hydrogens is 184 g/mol. The van der Waals surface area contributed by atoms with Gasteiger partial charge >= 0.3 is 5.97 Å². The average Bonchev–Trinajstić information content (AvgIpc) is 2.61. The summed E-state index contributed by atoms with van der Waals surface area (Å²) in [6, 6.07) is 1.76. The summed E-state index contributed by atoms with van der Waals surface area (Å²) in [5.74, 6) is -0.295. The molecule has 14 heavy (non-hydrogen) atoms. The Morgan fingerprint density at radius 3 is 3.43 bits per heavy atom. The van der Waals surface area contributed by atoms with Crippen LogP contribution in [0.5, 0.6) is 0 Å². The molecule has 5 nitrogen and oxygen atoms in total. The Balaban J connectivity index is 2.25. The lowest BCUT2D eigenvalue weighted by atomic mass is 10.4. The highest BCUT2D eigenvalue weighted by atomic mass is 16.5. The second kappa shape index (κ2) is 3.79. The number of hydrogen-bond acceptors (Lipinski definition) is 3. The van der Waals surface area contributed by atoms with Crippen molar-refractivity contribution in [3.63, 3.8) is 0 Å². The van der Waals surface area contributed by atoms with E-state index in [0.717, 1.165) is 6.54 Å². The van der Waals surface area contributed by atoms with Gasteiger partial charge in [0.15, 0.2) is 25.2 Å². The van der Waals surface area contributed by atoms with Crippen LogP contribution in [0.25, 0.3) is 0 Å². The number of esters is 1. The van der Waals surface area contributed by atoms with Crippen LogP contribution in [0.2, 0.25) is 0 Å². The number of ether oxygens (including phenoxy) is 2. The van der Waals surface area contributed by atoms with Gasteiger partial charge < -0.3 is 9.47 Å². The molecule has 0 saturated heterocycles. The first-order valence-electron chi connectivity index (χ1n) is 4.67. The maximum Gasteiger partial charge on any atom is 0.360 e. The Labute approximate surface area is 81.8 Å². The van der Waals surface area contributed by atoms with Gasteiger partial charge in [0.05, 0.1) is 6.61 Å². The van der Waals surface area contributed by atoms with Gasteiger partial charge in [0.1, 0.15) is 6.61 Å². The van der Waals surface area contributed by atoms with Gasteiger partial charge in [-0.05, 0) is 6.92 Å². The quantitative estimate of drug-likeness (QED) is 0.493. The van der Waals surface area contributed by atoms with Crippen LogP contribution >= 0.6 is 0 Å². The zero-order chi connectivity index (χ0) is 9.97. The van der Waals surface area contributed by atoms with Crippen molar-refractivity contribution in [3.05, 3.63) is 18.0 Å². The number of hydrogen-bond donors (Lipinski definition) is 0. The number of fused-ring (bicyclic) bond motifs is 1. The second-order valence-electron chi connectivity index (χ2n) is 3.02. The maximum absolute atomic E-state index is 11.5. The second-order valence-corrected chi connectivity index (χ2v) is 3.02. The molecule has 0 spiro atoms. The number of aromatic nitrogens is 2. The van der Waals surface area contributed by atoms with E-state index < -0.39 is 0 Å².